The number of piperidine rings is 1. The van der Waals surface area contributed by atoms with Gasteiger partial charge in [-0.3, -0.25) is 14.3 Å². The number of hydrogen-bond acceptors (Lipinski definition) is 9. The molecule has 1 aliphatic carbocycles. The molecule has 0 spiro atoms. The maximum Gasteiger partial charge on any atom is 0.410 e. The number of amides is 1. The minimum atomic E-state index is -1.13. The van der Waals surface area contributed by atoms with E-state index >= 15 is 0 Å². The van der Waals surface area contributed by atoms with Crippen molar-refractivity contribution in [2.75, 3.05) is 24.7 Å². The summed E-state index contributed by atoms with van der Waals surface area (Å²) in [6, 6.07) is 6.71. The largest absolute Gasteiger partial charge is 0.469 e. The van der Waals surface area contributed by atoms with Gasteiger partial charge in [0.2, 0.25) is 5.82 Å². The van der Waals surface area contributed by atoms with Crippen LogP contribution < -0.4 is 10.1 Å². The monoisotopic (exact) mass is 545 g/mol. The molecule has 11 nitrogen and oxygen atoms in total. The topological polar surface area (TPSA) is 137 Å². The number of nitro groups is 1. The first-order valence-corrected chi connectivity index (χ1v) is 14.6. The Kier molecular flexibility index (Phi) is 9.13. The minimum Gasteiger partial charge on any atom is -0.469 e. The summed E-state index contributed by atoms with van der Waals surface area (Å²) in [5, 5.41) is 14.8. The molecule has 1 aromatic heterocycles. The quantitative estimate of drug-likeness (QED) is 0.356. The van der Waals surface area contributed by atoms with Crippen molar-refractivity contribution < 1.29 is 23.4 Å². The van der Waals surface area contributed by atoms with Crippen LogP contribution in [-0.2, 0) is 15.5 Å². The van der Waals surface area contributed by atoms with Crippen LogP contribution >= 0.6 is 0 Å². The molecule has 1 amide bonds. The minimum absolute atomic E-state index is 0.00132. The lowest BCUT2D eigenvalue weighted by atomic mass is 9.79. The Hall–Kier alpha value is -3.28. The van der Waals surface area contributed by atoms with Crippen LogP contribution in [0, 0.1) is 22.0 Å². The fourth-order valence-electron chi connectivity index (χ4n) is 5.12. The second-order valence-corrected chi connectivity index (χ2v) is 11.5. The number of anilines is 2. The highest BCUT2D eigenvalue weighted by atomic mass is 32.2. The molecule has 206 valence electrons. The van der Waals surface area contributed by atoms with Crippen molar-refractivity contribution in [2.45, 2.75) is 69.5 Å². The standard InChI is InChI=1S/C26H35N5O6S/c1-17(2)21-6-4-5-7-22(21)37-26(32)30-14-12-19(13-15-30)36-25-23(31(33)34)24(27-16-28-25)29-18-8-10-20(11-9-18)38(3)35/h8-11,16-17,19,21-22H,4-7,12-15H2,1-3H3,(H,27,28,29)/t21?,22-,38?/m1/s1. The molecule has 1 saturated heterocycles. The third-order valence-corrected chi connectivity index (χ3v) is 8.20. The van der Waals surface area contributed by atoms with Gasteiger partial charge in [-0.25, -0.2) is 9.78 Å². The highest BCUT2D eigenvalue weighted by Crippen LogP contribution is 2.35. The molecule has 1 saturated carbocycles. The highest BCUT2D eigenvalue weighted by Gasteiger charge is 2.34. The molecule has 2 aliphatic rings. The number of aromatic nitrogens is 2. The van der Waals surface area contributed by atoms with Gasteiger partial charge in [-0.05, 0) is 55.4 Å². The van der Waals surface area contributed by atoms with Gasteiger partial charge < -0.3 is 19.7 Å². The van der Waals surface area contributed by atoms with Crippen LogP contribution in [0.1, 0.15) is 52.4 Å². The lowest BCUT2D eigenvalue weighted by Gasteiger charge is -2.37. The van der Waals surface area contributed by atoms with Gasteiger partial charge in [0.15, 0.2) is 0 Å². The van der Waals surface area contributed by atoms with Crippen LogP contribution in [0.4, 0.5) is 22.0 Å². The van der Waals surface area contributed by atoms with E-state index in [9.17, 15) is 19.1 Å². The van der Waals surface area contributed by atoms with Crippen molar-refractivity contribution in [1.29, 1.82) is 0 Å². The summed E-state index contributed by atoms with van der Waals surface area (Å²) in [6.45, 7) is 5.24. The lowest BCUT2D eigenvalue weighted by Crippen LogP contribution is -2.44. The van der Waals surface area contributed by atoms with E-state index in [1.54, 1.807) is 35.4 Å². The van der Waals surface area contributed by atoms with Gasteiger partial charge in [0, 0.05) is 53.6 Å². The zero-order chi connectivity index (χ0) is 27.2. The first kappa shape index (κ1) is 27.7. The average molecular weight is 546 g/mol. The zero-order valence-electron chi connectivity index (χ0n) is 22.0. The summed E-state index contributed by atoms with van der Waals surface area (Å²) in [5.41, 5.74) is 0.186. The van der Waals surface area contributed by atoms with Gasteiger partial charge in [0.1, 0.15) is 18.5 Å². The van der Waals surface area contributed by atoms with Crippen LogP contribution in [0.2, 0.25) is 0 Å². The van der Waals surface area contributed by atoms with E-state index in [1.807, 2.05) is 0 Å². The SMILES string of the molecule is CC(C)C1CCCC[C@H]1OC(=O)N1CCC(Oc2ncnc(Nc3ccc(S(C)=O)cc3)c2[N+](=O)[O-])CC1. The van der Waals surface area contributed by atoms with E-state index < -0.39 is 15.7 Å². The molecule has 2 fully saturated rings. The molecule has 2 aromatic rings. The van der Waals surface area contributed by atoms with Crippen LogP contribution in [0.5, 0.6) is 5.88 Å². The lowest BCUT2D eigenvalue weighted by molar-refractivity contribution is -0.385. The molecule has 12 heteroatoms. The Morgan fingerprint density at radius 3 is 2.45 bits per heavy atom. The summed E-state index contributed by atoms with van der Waals surface area (Å²) < 4.78 is 23.5. The number of hydrogen-bond donors (Lipinski definition) is 1. The number of nitrogens with zero attached hydrogens (tertiary/aromatic N) is 4. The summed E-state index contributed by atoms with van der Waals surface area (Å²) in [5.74, 6) is 0.736. The van der Waals surface area contributed by atoms with E-state index in [0.717, 1.165) is 19.3 Å². The first-order valence-electron chi connectivity index (χ1n) is 13.0. The van der Waals surface area contributed by atoms with Crippen molar-refractivity contribution in [3.05, 3.63) is 40.7 Å². The zero-order valence-corrected chi connectivity index (χ0v) is 22.8. The van der Waals surface area contributed by atoms with E-state index in [-0.39, 0.29) is 35.7 Å². The van der Waals surface area contributed by atoms with Gasteiger partial charge in [-0.2, -0.15) is 4.98 Å². The number of carbonyl (C=O) groups excluding carboxylic acids is 1. The predicted octanol–water partition coefficient (Wildman–Crippen LogP) is 5.06. The van der Waals surface area contributed by atoms with Gasteiger partial charge in [0.05, 0.1) is 4.92 Å². The Bertz CT molecular complexity index is 1150. The average Bonchev–Trinajstić information content (AvgIpc) is 2.89. The van der Waals surface area contributed by atoms with Crippen LogP contribution in [0.3, 0.4) is 0 Å². The molecule has 0 radical (unpaired) electrons. The number of carbonyl (C=O) groups is 1. The molecular formula is C26H35N5O6S. The number of ether oxygens (including phenoxy) is 2. The van der Waals surface area contributed by atoms with Crippen molar-refractivity contribution in [3.8, 4) is 5.88 Å². The van der Waals surface area contributed by atoms with Crippen molar-refractivity contribution in [3.63, 3.8) is 0 Å². The van der Waals surface area contributed by atoms with E-state index in [2.05, 4.69) is 29.1 Å². The third-order valence-electron chi connectivity index (χ3n) is 7.26. The molecule has 2 heterocycles. The predicted molar refractivity (Wildman–Crippen MR) is 143 cm³/mol. The van der Waals surface area contributed by atoms with Crippen molar-refractivity contribution >= 4 is 34.1 Å². The number of rotatable bonds is 8. The number of likely N-dealkylation sites (tertiary alicyclic amines) is 1. The van der Waals surface area contributed by atoms with Crippen molar-refractivity contribution in [1.82, 2.24) is 14.9 Å². The highest BCUT2D eigenvalue weighted by molar-refractivity contribution is 7.84. The Balaban J connectivity index is 1.37. The second kappa shape index (κ2) is 12.5. The Morgan fingerprint density at radius 1 is 1.13 bits per heavy atom. The molecule has 1 N–H and O–H groups in total. The van der Waals surface area contributed by atoms with E-state index in [0.29, 0.717) is 48.3 Å². The van der Waals surface area contributed by atoms with Gasteiger partial charge in [-0.15, -0.1) is 0 Å². The summed E-state index contributed by atoms with van der Waals surface area (Å²) in [6.07, 6.45) is 7.39. The third kappa shape index (κ3) is 6.77. The molecule has 3 atom stereocenters. The van der Waals surface area contributed by atoms with E-state index in [4.69, 9.17) is 9.47 Å². The van der Waals surface area contributed by atoms with Gasteiger partial charge >= 0.3 is 11.8 Å². The Morgan fingerprint density at radius 2 is 1.82 bits per heavy atom. The van der Waals surface area contributed by atoms with Crippen LogP contribution in [-0.4, -0.2) is 61.6 Å². The van der Waals surface area contributed by atoms with E-state index in [1.165, 1.54) is 12.7 Å². The molecule has 1 aromatic carbocycles. The maximum atomic E-state index is 12.8. The summed E-state index contributed by atoms with van der Waals surface area (Å²) >= 11 is 0. The smallest absolute Gasteiger partial charge is 0.410 e. The molecule has 4 rings (SSSR count). The molecular weight excluding hydrogens is 510 g/mol. The number of benzene rings is 1. The molecule has 2 unspecified atom stereocenters. The molecule has 38 heavy (non-hydrogen) atoms. The van der Waals surface area contributed by atoms with Gasteiger partial charge in [-0.1, -0.05) is 20.3 Å². The number of nitrogens with one attached hydrogen (secondary N) is 1. The summed E-state index contributed by atoms with van der Waals surface area (Å²) in [7, 11) is -1.13. The summed E-state index contributed by atoms with van der Waals surface area (Å²) in [4.78, 5) is 34.6. The Labute approximate surface area is 224 Å². The fraction of sp³-hybridized carbons (Fsp3) is 0.577. The fourth-order valence-corrected chi connectivity index (χ4v) is 5.64. The molecule has 1 aliphatic heterocycles. The van der Waals surface area contributed by atoms with Gasteiger partial charge in [0.25, 0.3) is 5.88 Å². The van der Waals surface area contributed by atoms with Crippen molar-refractivity contribution in [2.24, 2.45) is 11.8 Å². The van der Waals surface area contributed by atoms with Crippen LogP contribution in [0.15, 0.2) is 35.5 Å². The molecule has 0 bridgehead atoms. The first-order chi connectivity index (χ1) is 18.2. The second-order valence-electron chi connectivity index (χ2n) is 10.2. The maximum absolute atomic E-state index is 12.8. The normalized spacial score (nSPS) is 21.1. The van der Waals surface area contributed by atoms with Crippen LogP contribution in [0.25, 0.3) is 0 Å².